The molecule has 4 fully saturated rings. The first-order valence-electron chi connectivity index (χ1n) is 11.5. The van der Waals surface area contributed by atoms with Crippen LogP contribution in [0, 0.1) is 17.3 Å². The van der Waals surface area contributed by atoms with Gasteiger partial charge in [0.05, 0.1) is 24.3 Å². The minimum atomic E-state index is -0.905. The topological polar surface area (TPSA) is 30.9 Å². The normalized spacial score (nSPS) is 37.9. The van der Waals surface area contributed by atoms with Gasteiger partial charge in [0.2, 0.25) is 0 Å². The molecule has 3 saturated carbocycles. The summed E-state index contributed by atoms with van der Waals surface area (Å²) in [6.45, 7) is 7.95. The van der Waals surface area contributed by atoms with Gasteiger partial charge in [0, 0.05) is 11.5 Å². The molecule has 0 aromatic heterocycles. The second-order valence-corrected chi connectivity index (χ2v) is 15.6. The number of benzene rings is 1. The second-order valence-electron chi connectivity index (χ2n) is 11.5. The van der Waals surface area contributed by atoms with Gasteiger partial charge in [0.15, 0.2) is 0 Å². The average molecular weight is 431 g/mol. The van der Waals surface area contributed by atoms with Crippen molar-refractivity contribution in [2.45, 2.75) is 63.6 Å². The maximum Gasteiger partial charge on any atom is 0.477 e. The molecule has 5 aliphatic rings. The highest BCUT2D eigenvalue weighted by Crippen LogP contribution is 2.66. The molecule has 0 spiro atoms. The van der Waals surface area contributed by atoms with Crippen LogP contribution in [0.4, 0.5) is 0 Å². The molecule has 0 N–H and O–H groups in total. The van der Waals surface area contributed by atoms with Crippen LogP contribution in [0.1, 0.15) is 51.5 Å². The van der Waals surface area contributed by atoms with Crippen molar-refractivity contribution in [3.8, 4) is 5.75 Å². The van der Waals surface area contributed by atoms with Gasteiger partial charge in [-0.05, 0) is 75.3 Å². The summed E-state index contributed by atoms with van der Waals surface area (Å²) in [6, 6.07) is 8.51. The molecule has 2 unspecified atom stereocenters. The van der Waals surface area contributed by atoms with E-state index in [1.807, 2.05) is 0 Å². The van der Waals surface area contributed by atoms with Crippen LogP contribution in [-0.4, -0.2) is 61.5 Å². The van der Waals surface area contributed by atoms with Gasteiger partial charge in [0.25, 0.3) is 0 Å². The van der Waals surface area contributed by atoms with Gasteiger partial charge in [-0.25, -0.2) is 0 Å². The monoisotopic (exact) mass is 431 g/mol. The van der Waals surface area contributed by atoms with Crippen molar-refractivity contribution >= 4 is 17.3 Å². The Morgan fingerprint density at radius 2 is 1.90 bits per heavy atom. The molecule has 1 saturated heterocycles. The summed E-state index contributed by atoms with van der Waals surface area (Å²) in [5.41, 5.74) is 1.56. The van der Waals surface area contributed by atoms with E-state index in [2.05, 4.69) is 75.2 Å². The van der Waals surface area contributed by atoms with E-state index in [9.17, 15) is 0 Å². The Hall–Kier alpha value is -0.685. The first kappa shape index (κ1) is 21.2. The summed E-state index contributed by atoms with van der Waals surface area (Å²) in [4.78, 5) is 0. The third-order valence-electron chi connectivity index (χ3n) is 8.94. The van der Waals surface area contributed by atoms with E-state index in [0.717, 1.165) is 31.1 Å². The van der Waals surface area contributed by atoms with Crippen LogP contribution in [0.25, 0.3) is 0 Å². The highest BCUT2D eigenvalue weighted by molar-refractivity contribution is 8.30. The Bertz CT molecular complexity index is 827. The fourth-order valence-corrected chi connectivity index (χ4v) is 7.61. The Kier molecular flexibility index (Phi) is 4.87. The lowest BCUT2D eigenvalue weighted by molar-refractivity contribution is -0.199. The Balaban J connectivity index is 1.41. The summed E-state index contributed by atoms with van der Waals surface area (Å²) >= 11 is 0. The number of hydrogen-bond donors (Lipinski definition) is 0. The average Bonchev–Trinajstić information content (AvgIpc) is 3.24. The van der Waals surface area contributed by atoms with Crippen LogP contribution in [0.2, 0.25) is 0 Å². The fourth-order valence-electron chi connectivity index (χ4n) is 6.62. The smallest absolute Gasteiger partial charge is 0.477 e. The lowest BCUT2D eigenvalue weighted by Gasteiger charge is -2.64. The molecular weight excluding hydrogens is 393 g/mol. The number of para-hydroxylation sites is 1. The predicted molar refractivity (Wildman–Crippen MR) is 126 cm³/mol. The molecular formula is C24H38BNO3S. The summed E-state index contributed by atoms with van der Waals surface area (Å²) in [7, 11) is 1.19. The highest BCUT2D eigenvalue weighted by atomic mass is 32.3. The van der Waals surface area contributed by atoms with Crippen molar-refractivity contribution in [2.75, 3.05) is 32.4 Å². The zero-order chi connectivity index (χ0) is 21.5. The van der Waals surface area contributed by atoms with Crippen molar-refractivity contribution in [3.05, 3.63) is 29.8 Å². The molecule has 2 bridgehead atoms. The standard InChI is InChI=1S/C24H38BNO3S/c1-23(2)17-13-20(23)24(3)21(14-17)28-25(29-24)22(26(4)30(5,6)7)12-16-15-27-19-11-9-8-10-18(16)19/h8-11,16-17,20-22H,12-15H2,1-7H3/t16?,17-,20-,21+,22?,24-/m0/s1. The van der Waals surface area contributed by atoms with Crippen molar-refractivity contribution in [1.29, 1.82) is 0 Å². The maximum absolute atomic E-state index is 6.92. The predicted octanol–water partition coefficient (Wildman–Crippen LogP) is 4.73. The van der Waals surface area contributed by atoms with E-state index >= 15 is 0 Å². The van der Waals surface area contributed by atoms with Crippen molar-refractivity contribution in [3.63, 3.8) is 0 Å². The maximum atomic E-state index is 6.92. The van der Waals surface area contributed by atoms with Crippen molar-refractivity contribution in [1.82, 2.24) is 4.31 Å². The Morgan fingerprint density at radius 1 is 1.17 bits per heavy atom. The molecule has 6 atom stereocenters. The van der Waals surface area contributed by atoms with Gasteiger partial charge in [-0.3, -0.25) is 4.31 Å². The van der Waals surface area contributed by atoms with Gasteiger partial charge < -0.3 is 14.0 Å². The molecule has 6 heteroatoms. The quantitative estimate of drug-likeness (QED) is 0.631. The zero-order valence-corrected chi connectivity index (χ0v) is 20.5. The van der Waals surface area contributed by atoms with E-state index < -0.39 is 10.2 Å². The molecule has 30 heavy (non-hydrogen) atoms. The lowest BCUT2D eigenvalue weighted by atomic mass is 9.43. The minimum Gasteiger partial charge on any atom is -0.493 e. The van der Waals surface area contributed by atoms with E-state index in [4.69, 9.17) is 14.0 Å². The van der Waals surface area contributed by atoms with E-state index in [-0.39, 0.29) is 24.8 Å². The summed E-state index contributed by atoms with van der Waals surface area (Å²) in [5.74, 6) is 3.04. The van der Waals surface area contributed by atoms with Crippen LogP contribution in [-0.2, 0) is 9.31 Å². The van der Waals surface area contributed by atoms with Crippen LogP contribution in [0.15, 0.2) is 24.3 Å². The van der Waals surface area contributed by atoms with Gasteiger partial charge in [-0.15, -0.1) is 0 Å². The fraction of sp³-hybridized carbons (Fsp3) is 0.750. The van der Waals surface area contributed by atoms with Crippen molar-refractivity contribution < 1.29 is 14.0 Å². The molecule has 0 radical (unpaired) electrons. The Labute approximate surface area is 184 Å². The molecule has 2 heterocycles. The first-order valence-corrected chi connectivity index (χ1v) is 14.3. The number of nitrogens with zero attached hydrogens (tertiary/aromatic N) is 1. The third-order valence-corrected chi connectivity index (χ3v) is 10.9. The second kappa shape index (κ2) is 6.90. The van der Waals surface area contributed by atoms with Crippen molar-refractivity contribution in [2.24, 2.45) is 17.3 Å². The van der Waals surface area contributed by atoms with E-state index in [1.165, 1.54) is 12.0 Å². The molecule has 2 aliphatic heterocycles. The third kappa shape index (κ3) is 3.08. The number of ether oxygens (including phenoxy) is 1. The molecule has 3 aliphatic carbocycles. The van der Waals surface area contributed by atoms with Crippen LogP contribution < -0.4 is 4.74 Å². The molecule has 1 aromatic carbocycles. The zero-order valence-electron chi connectivity index (χ0n) is 19.7. The summed E-state index contributed by atoms with van der Waals surface area (Å²) in [6.07, 6.45) is 10.8. The molecule has 6 rings (SSSR count). The number of rotatable bonds is 5. The highest BCUT2D eigenvalue weighted by Gasteiger charge is 2.68. The van der Waals surface area contributed by atoms with Gasteiger partial charge >= 0.3 is 7.12 Å². The molecule has 166 valence electrons. The van der Waals surface area contributed by atoms with Crippen LogP contribution >= 0.6 is 10.2 Å². The number of fused-ring (bicyclic) bond motifs is 1. The minimum absolute atomic E-state index is 0.153. The van der Waals surface area contributed by atoms with E-state index in [0.29, 0.717) is 17.3 Å². The molecule has 0 amide bonds. The first-order chi connectivity index (χ1) is 14.0. The largest absolute Gasteiger partial charge is 0.493 e. The van der Waals surface area contributed by atoms with Gasteiger partial charge in [-0.1, -0.05) is 32.0 Å². The lowest BCUT2D eigenvalue weighted by Crippen LogP contribution is -2.65. The Morgan fingerprint density at radius 3 is 2.60 bits per heavy atom. The number of hydrogen-bond acceptors (Lipinski definition) is 4. The van der Waals surface area contributed by atoms with Gasteiger partial charge in [0.1, 0.15) is 5.75 Å². The van der Waals surface area contributed by atoms with E-state index in [1.54, 1.807) is 0 Å². The summed E-state index contributed by atoms with van der Waals surface area (Å²) in [5, 5.41) is 0. The molecule has 4 nitrogen and oxygen atoms in total. The van der Waals surface area contributed by atoms with Crippen LogP contribution in [0.3, 0.4) is 0 Å². The summed E-state index contributed by atoms with van der Waals surface area (Å²) < 4.78 is 22.2. The molecule has 1 aromatic rings. The van der Waals surface area contributed by atoms with Gasteiger partial charge in [-0.2, -0.15) is 10.2 Å². The SMILES string of the molecule is CN(C(CC1COc2ccccc21)B1O[C@@H]2C[C@@H]3C[C@@H](C3(C)C)[C@]2(C)O1)S(C)(C)C. The van der Waals surface area contributed by atoms with Crippen LogP contribution in [0.5, 0.6) is 5.75 Å².